The molecule has 0 bridgehead atoms. The molecule has 0 saturated heterocycles. The molecule has 1 saturated carbocycles. The molecule has 0 radical (unpaired) electrons. The zero-order valence-electron chi connectivity index (χ0n) is 12.3. The number of amides is 1. The average molecular weight is 256 g/mol. The van der Waals surface area contributed by atoms with Gasteiger partial charge >= 0.3 is 0 Å². The van der Waals surface area contributed by atoms with Crippen molar-refractivity contribution < 1.29 is 9.90 Å². The van der Waals surface area contributed by atoms with Gasteiger partial charge in [-0.3, -0.25) is 4.79 Å². The van der Waals surface area contributed by atoms with Gasteiger partial charge in [0.1, 0.15) is 0 Å². The first-order valence-corrected chi connectivity index (χ1v) is 6.97. The largest absolute Gasteiger partial charge is 0.392 e. The molecule has 1 rings (SSSR count). The molecule has 0 aromatic carbocycles. The first-order chi connectivity index (χ1) is 8.25. The number of carbonyl (C=O) groups is 1. The van der Waals surface area contributed by atoms with E-state index in [-0.39, 0.29) is 29.5 Å². The molecular formula is C14H28N2O2. The summed E-state index contributed by atoms with van der Waals surface area (Å²) in [6, 6.07) is 0.0206. The average Bonchev–Trinajstić information content (AvgIpc) is 2.27. The van der Waals surface area contributed by atoms with E-state index < -0.39 is 0 Å². The molecule has 1 aliphatic carbocycles. The first kappa shape index (κ1) is 15.4. The van der Waals surface area contributed by atoms with Gasteiger partial charge in [-0.15, -0.1) is 0 Å². The number of carbonyl (C=O) groups excluding carboxylic acids is 1. The van der Waals surface area contributed by atoms with Gasteiger partial charge in [-0.2, -0.15) is 0 Å². The highest BCUT2D eigenvalue weighted by Crippen LogP contribution is 2.40. The second-order valence-corrected chi connectivity index (χ2v) is 6.49. The van der Waals surface area contributed by atoms with Gasteiger partial charge in [0.2, 0.25) is 5.91 Å². The minimum absolute atomic E-state index is 0.0489. The van der Waals surface area contributed by atoms with Crippen molar-refractivity contribution in [1.29, 1.82) is 0 Å². The molecule has 4 heteroatoms. The lowest BCUT2D eigenvalue weighted by molar-refractivity contribution is -0.125. The zero-order chi connectivity index (χ0) is 13.9. The Morgan fingerprint density at radius 1 is 1.39 bits per heavy atom. The van der Waals surface area contributed by atoms with Gasteiger partial charge in [0.15, 0.2) is 0 Å². The number of hydrogen-bond donors (Lipinski definition) is 3. The van der Waals surface area contributed by atoms with Gasteiger partial charge in [0.05, 0.1) is 12.1 Å². The van der Waals surface area contributed by atoms with Crippen molar-refractivity contribution in [2.75, 3.05) is 6.54 Å². The minimum atomic E-state index is -0.258. The maximum atomic E-state index is 11.9. The van der Waals surface area contributed by atoms with Gasteiger partial charge in [-0.05, 0) is 25.7 Å². The molecule has 3 N–H and O–H groups in total. The van der Waals surface area contributed by atoms with Crippen LogP contribution in [0, 0.1) is 11.3 Å². The molecule has 18 heavy (non-hydrogen) atoms. The van der Waals surface area contributed by atoms with E-state index in [0.29, 0.717) is 5.92 Å². The normalized spacial score (nSPS) is 27.7. The van der Waals surface area contributed by atoms with Crippen molar-refractivity contribution >= 4 is 5.91 Å². The van der Waals surface area contributed by atoms with E-state index in [1.165, 1.54) is 0 Å². The van der Waals surface area contributed by atoms with Crippen molar-refractivity contribution in [3.8, 4) is 0 Å². The number of hydrogen-bond acceptors (Lipinski definition) is 3. The number of rotatable bonds is 6. The molecule has 1 fully saturated rings. The SMILES string of the molecule is CC(C)CCNC(=O)C(C)NC1CC(O)C1(C)C. The molecule has 0 aliphatic heterocycles. The topological polar surface area (TPSA) is 61.4 Å². The number of aliphatic hydroxyl groups excluding tert-OH is 1. The second-order valence-electron chi connectivity index (χ2n) is 6.49. The smallest absolute Gasteiger partial charge is 0.236 e. The summed E-state index contributed by atoms with van der Waals surface area (Å²) in [5.74, 6) is 0.655. The van der Waals surface area contributed by atoms with Crippen LogP contribution in [0.5, 0.6) is 0 Å². The van der Waals surface area contributed by atoms with Crippen molar-refractivity contribution in [1.82, 2.24) is 10.6 Å². The quantitative estimate of drug-likeness (QED) is 0.671. The fourth-order valence-corrected chi connectivity index (χ4v) is 2.20. The van der Waals surface area contributed by atoms with Crippen LogP contribution in [0.15, 0.2) is 0 Å². The van der Waals surface area contributed by atoms with Crippen LogP contribution in [-0.2, 0) is 4.79 Å². The Morgan fingerprint density at radius 2 is 2.00 bits per heavy atom. The van der Waals surface area contributed by atoms with Crippen LogP contribution in [0.25, 0.3) is 0 Å². The van der Waals surface area contributed by atoms with Gasteiger partial charge in [-0.25, -0.2) is 0 Å². The number of nitrogens with one attached hydrogen (secondary N) is 2. The van der Waals surface area contributed by atoms with Crippen molar-refractivity contribution in [3.63, 3.8) is 0 Å². The Morgan fingerprint density at radius 3 is 2.44 bits per heavy atom. The summed E-state index contributed by atoms with van der Waals surface area (Å²) < 4.78 is 0. The lowest BCUT2D eigenvalue weighted by Crippen LogP contribution is -2.63. The summed E-state index contributed by atoms with van der Waals surface area (Å²) >= 11 is 0. The maximum absolute atomic E-state index is 11.9. The van der Waals surface area contributed by atoms with Crippen molar-refractivity contribution in [2.24, 2.45) is 11.3 Å². The third-order valence-corrected chi connectivity index (χ3v) is 4.08. The van der Waals surface area contributed by atoms with E-state index in [1.807, 2.05) is 20.8 Å². The lowest BCUT2D eigenvalue weighted by Gasteiger charge is -2.50. The highest BCUT2D eigenvalue weighted by Gasteiger charge is 2.47. The lowest BCUT2D eigenvalue weighted by atomic mass is 9.64. The van der Waals surface area contributed by atoms with Gasteiger partial charge < -0.3 is 15.7 Å². The second kappa shape index (κ2) is 6.02. The molecule has 1 aliphatic rings. The van der Waals surface area contributed by atoms with Crippen molar-refractivity contribution in [3.05, 3.63) is 0 Å². The molecule has 4 nitrogen and oxygen atoms in total. The highest BCUT2D eigenvalue weighted by molar-refractivity contribution is 5.81. The Balaban J connectivity index is 2.28. The molecule has 106 valence electrons. The molecule has 0 aromatic heterocycles. The van der Waals surface area contributed by atoms with Crippen LogP contribution in [0.3, 0.4) is 0 Å². The molecule has 1 amide bonds. The molecule has 0 heterocycles. The van der Waals surface area contributed by atoms with Crippen LogP contribution >= 0.6 is 0 Å². The van der Waals surface area contributed by atoms with Crippen LogP contribution in [0.4, 0.5) is 0 Å². The predicted molar refractivity (Wildman–Crippen MR) is 73.3 cm³/mol. The molecular weight excluding hydrogens is 228 g/mol. The molecule has 0 aromatic rings. The Kier molecular flexibility index (Phi) is 5.17. The fourth-order valence-electron chi connectivity index (χ4n) is 2.20. The van der Waals surface area contributed by atoms with Crippen LogP contribution < -0.4 is 10.6 Å². The Hall–Kier alpha value is -0.610. The van der Waals surface area contributed by atoms with Crippen molar-refractivity contribution in [2.45, 2.75) is 65.6 Å². The first-order valence-electron chi connectivity index (χ1n) is 6.97. The highest BCUT2D eigenvalue weighted by atomic mass is 16.3. The monoisotopic (exact) mass is 256 g/mol. The van der Waals surface area contributed by atoms with E-state index >= 15 is 0 Å². The van der Waals surface area contributed by atoms with Gasteiger partial charge in [0.25, 0.3) is 0 Å². The number of aliphatic hydroxyl groups is 1. The van der Waals surface area contributed by atoms with E-state index in [2.05, 4.69) is 24.5 Å². The Labute approximate surface area is 111 Å². The molecule has 0 spiro atoms. The Bertz CT molecular complexity index is 290. The van der Waals surface area contributed by atoms with E-state index in [9.17, 15) is 9.90 Å². The molecule has 3 unspecified atom stereocenters. The standard InChI is InChI=1S/C14H28N2O2/c1-9(2)6-7-15-13(18)10(3)16-11-8-12(17)14(11,4)5/h9-12,16-17H,6-8H2,1-5H3,(H,15,18). The van der Waals surface area contributed by atoms with Gasteiger partial charge in [-0.1, -0.05) is 27.7 Å². The summed E-state index contributed by atoms with van der Waals surface area (Å²) in [6.07, 6.45) is 1.48. The summed E-state index contributed by atoms with van der Waals surface area (Å²) in [6.45, 7) is 11.0. The third-order valence-electron chi connectivity index (χ3n) is 4.08. The van der Waals surface area contributed by atoms with Crippen LogP contribution in [0.1, 0.15) is 47.5 Å². The van der Waals surface area contributed by atoms with E-state index in [4.69, 9.17) is 0 Å². The maximum Gasteiger partial charge on any atom is 0.236 e. The summed E-state index contributed by atoms with van der Waals surface area (Å²) in [5.41, 5.74) is -0.132. The minimum Gasteiger partial charge on any atom is -0.392 e. The molecule has 3 atom stereocenters. The summed E-state index contributed by atoms with van der Waals surface area (Å²) in [7, 11) is 0. The van der Waals surface area contributed by atoms with Gasteiger partial charge in [0, 0.05) is 18.0 Å². The zero-order valence-corrected chi connectivity index (χ0v) is 12.3. The van der Waals surface area contributed by atoms with Crippen LogP contribution in [-0.4, -0.2) is 35.7 Å². The summed E-state index contributed by atoms with van der Waals surface area (Å²) in [4.78, 5) is 11.9. The van der Waals surface area contributed by atoms with E-state index in [0.717, 1.165) is 19.4 Å². The van der Waals surface area contributed by atoms with E-state index in [1.54, 1.807) is 0 Å². The third kappa shape index (κ3) is 3.69. The predicted octanol–water partition coefficient (Wildman–Crippen LogP) is 1.29. The van der Waals surface area contributed by atoms with Crippen LogP contribution in [0.2, 0.25) is 0 Å². The summed E-state index contributed by atoms with van der Waals surface area (Å²) in [5, 5.41) is 15.9. The fraction of sp³-hybridized carbons (Fsp3) is 0.929.